The molecular formula is C30H21B. The topological polar surface area (TPSA) is 0 Å². The van der Waals surface area contributed by atoms with Gasteiger partial charge in [0.15, 0.2) is 0 Å². The summed E-state index contributed by atoms with van der Waals surface area (Å²) in [5.74, 6) is 0. The standard InChI is InChI=1S/C30H21B/c1-31-24-17-19-27-26(20-24)29-25-15-9-8-10-21(25)16-18-28(29)30(27,22-11-4-2-5-12-22)23-13-6-3-7-14-23/h2-20H,1H2. The van der Waals surface area contributed by atoms with Gasteiger partial charge in [0.1, 0.15) is 0 Å². The number of fused-ring (bicyclic) bond motifs is 5. The van der Waals surface area contributed by atoms with Crippen LogP contribution in [0.4, 0.5) is 0 Å². The van der Waals surface area contributed by atoms with Crippen LogP contribution in [0.15, 0.2) is 115 Å². The first-order valence-electron chi connectivity index (χ1n) is 10.7. The summed E-state index contributed by atoms with van der Waals surface area (Å²) < 4.78 is 0. The summed E-state index contributed by atoms with van der Waals surface area (Å²) >= 11 is 0. The molecule has 0 aliphatic heterocycles. The maximum atomic E-state index is 4.03. The van der Waals surface area contributed by atoms with E-state index in [-0.39, 0.29) is 5.41 Å². The molecule has 0 radical (unpaired) electrons. The van der Waals surface area contributed by atoms with Crippen LogP contribution in [-0.2, 0) is 5.41 Å². The number of hydrogen-bond acceptors (Lipinski definition) is 0. The Morgan fingerprint density at radius 1 is 0.581 bits per heavy atom. The van der Waals surface area contributed by atoms with Crippen LogP contribution < -0.4 is 5.46 Å². The Labute approximate surface area is 183 Å². The van der Waals surface area contributed by atoms with E-state index in [2.05, 4.69) is 122 Å². The van der Waals surface area contributed by atoms with Gasteiger partial charge < -0.3 is 0 Å². The van der Waals surface area contributed by atoms with Crippen molar-refractivity contribution < 1.29 is 0 Å². The average Bonchev–Trinajstić information content (AvgIpc) is 3.16. The molecule has 0 atom stereocenters. The summed E-state index contributed by atoms with van der Waals surface area (Å²) in [5, 5.41) is 2.57. The van der Waals surface area contributed by atoms with Crippen LogP contribution in [0.3, 0.4) is 0 Å². The SMILES string of the molecule is C=Bc1ccc2c(c1)-c1c(ccc3ccccc13)C2(c1ccccc1)c1ccccc1. The average molecular weight is 392 g/mol. The zero-order valence-corrected chi connectivity index (χ0v) is 17.3. The molecular weight excluding hydrogens is 371 g/mol. The second-order valence-electron chi connectivity index (χ2n) is 8.20. The first-order valence-corrected chi connectivity index (χ1v) is 10.7. The Bertz CT molecular complexity index is 1390. The predicted octanol–water partition coefficient (Wildman–Crippen LogP) is 5.96. The number of rotatable bonds is 3. The van der Waals surface area contributed by atoms with Crippen LogP contribution >= 0.6 is 0 Å². The van der Waals surface area contributed by atoms with Crippen LogP contribution in [0.1, 0.15) is 22.3 Å². The molecule has 0 fully saturated rings. The van der Waals surface area contributed by atoms with Gasteiger partial charge in [-0.15, -0.1) is 0 Å². The first-order chi connectivity index (χ1) is 15.3. The fraction of sp³-hybridized carbons (Fsp3) is 0.0333. The van der Waals surface area contributed by atoms with E-state index in [1.54, 1.807) is 0 Å². The molecule has 0 heterocycles. The Morgan fingerprint density at radius 2 is 1.19 bits per heavy atom. The van der Waals surface area contributed by atoms with Crippen LogP contribution in [0.2, 0.25) is 0 Å². The molecule has 5 aromatic carbocycles. The van der Waals surface area contributed by atoms with Crippen LogP contribution in [0, 0.1) is 0 Å². The van der Waals surface area contributed by atoms with Gasteiger partial charge in [-0.1, -0.05) is 0 Å². The molecule has 0 unspecified atom stereocenters. The molecule has 1 heteroatoms. The first kappa shape index (κ1) is 18.1. The summed E-state index contributed by atoms with van der Waals surface area (Å²) in [6.45, 7) is 5.97. The van der Waals surface area contributed by atoms with Gasteiger partial charge in [0.25, 0.3) is 0 Å². The van der Waals surface area contributed by atoms with Crippen molar-refractivity contribution in [2.24, 2.45) is 0 Å². The van der Waals surface area contributed by atoms with Crippen LogP contribution in [0.5, 0.6) is 0 Å². The Morgan fingerprint density at radius 3 is 1.87 bits per heavy atom. The van der Waals surface area contributed by atoms with E-state index >= 15 is 0 Å². The molecule has 6 rings (SSSR count). The molecule has 5 aromatic rings. The molecule has 0 saturated carbocycles. The van der Waals surface area contributed by atoms with Gasteiger partial charge in [-0.3, -0.25) is 0 Å². The van der Waals surface area contributed by atoms with E-state index in [0.717, 1.165) is 5.46 Å². The maximum absolute atomic E-state index is 4.03. The Balaban J connectivity index is 1.85. The van der Waals surface area contributed by atoms with Gasteiger partial charge >= 0.3 is 184 Å². The van der Waals surface area contributed by atoms with Crippen molar-refractivity contribution in [3.05, 3.63) is 138 Å². The van der Waals surface area contributed by atoms with Crippen molar-refractivity contribution in [1.82, 2.24) is 0 Å². The molecule has 31 heavy (non-hydrogen) atoms. The van der Waals surface area contributed by atoms with Crippen molar-refractivity contribution in [3.63, 3.8) is 0 Å². The van der Waals surface area contributed by atoms with Crippen LogP contribution in [0.25, 0.3) is 21.9 Å². The summed E-state index contributed by atoms with van der Waals surface area (Å²) in [4.78, 5) is 0. The quantitative estimate of drug-likeness (QED) is 0.326. The van der Waals surface area contributed by atoms with Gasteiger partial charge in [0, 0.05) is 0 Å². The van der Waals surface area contributed by atoms with E-state index in [4.69, 9.17) is 0 Å². The molecule has 1 aliphatic rings. The van der Waals surface area contributed by atoms with Crippen molar-refractivity contribution in [2.75, 3.05) is 0 Å². The number of benzene rings is 5. The molecule has 144 valence electrons. The van der Waals surface area contributed by atoms with E-state index in [1.165, 1.54) is 44.2 Å². The zero-order valence-electron chi connectivity index (χ0n) is 17.3. The predicted molar refractivity (Wildman–Crippen MR) is 134 cm³/mol. The fourth-order valence-corrected chi connectivity index (χ4v) is 5.41. The van der Waals surface area contributed by atoms with E-state index in [1.807, 2.05) is 6.92 Å². The summed E-state index contributed by atoms with van der Waals surface area (Å²) in [6, 6.07) is 42.0. The molecule has 0 aromatic heterocycles. The molecule has 0 spiro atoms. The molecule has 0 saturated heterocycles. The van der Waals surface area contributed by atoms with Gasteiger partial charge in [0.05, 0.1) is 0 Å². The monoisotopic (exact) mass is 392 g/mol. The third kappa shape index (κ3) is 2.47. The molecule has 1 aliphatic carbocycles. The van der Waals surface area contributed by atoms with Crippen molar-refractivity contribution in [3.8, 4) is 11.1 Å². The minimum absolute atomic E-state index is 0.350. The zero-order chi connectivity index (χ0) is 20.8. The van der Waals surface area contributed by atoms with Crippen molar-refractivity contribution in [2.45, 2.75) is 5.41 Å². The van der Waals surface area contributed by atoms with E-state index < -0.39 is 0 Å². The van der Waals surface area contributed by atoms with E-state index in [0.29, 0.717) is 0 Å². The Kier molecular flexibility index (Phi) is 4.04. The molecule has 0 bridgehead atoms. The minimum atomic E-state index is -0.350. The van der Waals surface area contributed by atoms with Crippen molar-refractivity contribution in [1.29, 1.82) is 0 Å². The third-order valence-electron chi connectivity index (χ3n) is 6.70. The van der Waals surface area contributed by atoms with Gasteiger partial charge in [-0.05, 0) is 0 Å². The summed E-state index contributed by atoms with van der Waals surface area (Å²) in [6.07, 6.45) is 0. The van der Waals surface area contributed by atoms with Gasteiger partial charge in [0.2, 0.25) is 0 Å². The Hall–Kier alpha value is -3.71. The second-order valence-corrected chi connectivity index (χ2v) is 8.20. The summed E-state index contributed by atoms with van der Waals surface area (Å²) in [5.41, 5.74) is 8.71. The van der Waals surface area contributed by atoms with Gasteiger partial charge in [-0.2, -0.15) is 0 Å². The molecule has 0 nitrogen and oxygen atoms in total. The van der Waals surface area contributed by atoms with Gasteiger partial charge in [-0.25, -0.2) is 0 Å². The molecule has 0 amide bonds. The van der Waals surface area contributed by atoms with Crippen molar-refractivity contribution >= 4 is 29.6 Å². The fourth-order valence-electron chi connectivity index (χ4n) is 5.41. The van der Waals surface area contributed by atoms with E-state index in [9.17, 15) is 0 Å². The molecule has 0 N–H and O–H groups in total. The third-order valence-corrected chi connectivity index (χ3v) is 6.70. The number of hydrogen-bond donors (Lipinski definition) is 0. The summed E-state index contributed by atoms with van der Waals surface area (Å²) in [7, 11) is 0. The second kappa shape index (κ2) is 6.92. The normalized spacial score (nSPS) is 13.4. The van der Waals surface area contributed by atoms with Crippen LogP contribution in [-0.4, -0.2) is 13.4 Å².